The lowest BCUT2D eigenvalue weighted by Crippen LogP contribution is -2.18. The molecule has 0 aliphatic carbocycles. The van der Waals surface area contributed by atoms with Gasteiger partial charge < -0.3 is 10.1 Å². The van der Waals surface area contributed by atoms with Gasteiger partial charge in [0.05, 0.1) is 17.3 Å². The van der Waals surface area contributed by atoms with E-state index in [1.165, 1.54) is 10.4 Å². The van der Waals surface area contributed by atoms with Crippen LogP contribution in [0.4, 0.5) is 0 Å². The summed E-state index contributed by atoms with van der Waals surface area (Å²) in [6.45, 7) is 7.08. The molecule has 4 heteroatoms. The van der Waals surface area contributed by atoms with Gasteiger partial charge in [-0.2, -0.15) is 0 Å². The molecule has 0 radical (unpaired) electrons. The van der Waals surface area contributed by atoms with Crippen LogP contribution in [0.2, 0.25) is 0 Å². The van der Waals surface area contributed by atoms with Crippen LogP contribution >= 0.6 is 11.3 Å². The first kappa shape index (κ1) is 16.1. The summed E-state index contributed by atoms with van der Waals surface area (Å²) in [5.74, 6) is 0.658. The van der Waals surface area contributed by atoms with E-state index in [4.69, 9.17) is 9.72 Å². The molecule has 2 aromatic rings. The number of aromatic nitrogens is 1. The number of methoxy groups -OCH3 is 1. The molecule has 0 saturated heterocycles. The Labute approximate surface area is 131 Å². The predicted molar refractivity (Wildman–Crippen MR) is 89.7 cm³/mol. The number of nitrogens with one attached hydrogen (secondary N) is 1. The highest BCUT2D eigenvalue weighted by atomic mass is 32.1. The van der Waals surface area contributed by atoms with Gasteiger partial charge in [0, 0.05) is 30.5 Å². The van der Waals surface area contributed by atoms with E-state index in [2.05, 4.69) is 43.4 Å². The quantitative estimate of drug-likeness (QED) is 0.806. The van der Waals surface area contributed by atoms with Gasteiger partial charge in [0.15, 0.2) is 0 Å². The van der Waals surface area contributed by atoms with Crippen LogP contribution in [0.15, 0.2) is 30.3 Å². The van der Waals surface area contributed by atoms with Crippen molar-refractivity contribution in [3.8, 4) is 11.3 Å². The number of ether oxygens (including phenoxy) is 1. The SMILES string of the molecule is COCCc1nc(-c2ccccc2)c(CNCC(C)C)s1. The maximum absolute atomic E-state index is 5.16. The van der Waals surface area contributed by atoms with Crippen molar-refractivity contribution < 1.29 is 4.74 Å². The molecule has 0 bridgehead atoms. The molecule has 1 heterocycles. The van der Waals surface area contributed by atoms with Crippen LogP contribution in [0.1, 0.15) is 23.7 Å². The number of rotatable bonds is 8. The van der Waals surface area contributed by atoms with Crippen LogP contribution in [0.3, 0.4) is 0 Å². The third-order valence-electron chi connectivity index (χ3n) is 3.15. The van der Waals surface area contributed by atoms with Crippen LogP contribution < -0.4 is 5.32 Å². The summed E-state index contributed by atoms with van der Waals surface area (Å²) in [4.78, 5) is 6.13. The average molecular weight is 304 g/mol. The van der Waals surface area contributed by atoms with Gasteiger partial charge in [0.25, 0.3) is 0 Å². The van der Waals surface area contributed by atoms with Crippen molar-refractivity contribution in [1.29, 1.82) is 0 Å². The lowest BCUT2D eigenvalue weighted by molar-refractivity contribution is 0.202. The smallest absolute Gasteiger partial charge is 0.0958 e. The molecule has 0 spiro atoms. The molecule has 21 heavy (non-hydrogen) atoms. The van der Waals surface area contributed by atoms with Crippen LogP contribution in [0, 0.1) is 5.92 Å². The summed E-state index contributed by atoms with van der Waals surface area (Å²) in [7, 11) is 1.73. The van der Waals surface area contributed by atoms with Gasteiger partial charge in [-0.15, -0.1) is 11.3 Å². The molecule has 2 rings (SSSR count). The molecule has 3 nitrogen and oxygen atoms in total. The third kappa shape index (κ3) is 4.92. The lowest BCUT2D eigenvalue weighted by atomic mass is 10.1. The minimum Gasteiger partial charge on any atom is -0.384 e. The normalized spacial score (nSPS) is 11.2. The highest BCUT2D eigenvalue weighted by Gasteiger charge is 2.12. The molecule has 0 fully saturated rings. The van der Waals surface area contributed by atoms with Crippen LogP contribution in [0.25, 0.3) is 11.3 Å². The second kappa shape index (κ2) is 8.27. The first-order chi connectivity index (χ1) is 10.2. The lowest BCUT2D eigenvalue weighted by Gasteiger charge is -2.07. The van der Waals surface area contributed by atoms with E-state index >= 15 is 0 Å². The molecule has 114 valence electrons. The van der Waals surface area contributed by atoms with E-state index in [1.807, 2.05) is 6.07 Å². The van der Waals surface area contributed by atoms with Crippen molar-refractivity contribution in [2.45, 2.75) is 26.8 Å². The summed E-state index contributed by atoms with van der Waals surface area (Å²) in [5.41, 5.74) is 2.31. The van der Waals surface area contributed by atoms with Crippen molar-refractivity contribution in [2.75, 3.05) is 20.3 Å². The van der Waals surface area contributed by atoms with E-state index < -0.39 is 0 Å². The molecule has 1 N–H and O–H groups in total. The second-order valence-corrected chi connectivity index (χ2v) is 6.68. The maximum Gasteiger partial charge on any atom is 0.0958 e. The van der Waals surface area contributed by atoms with Gasteiger partial charge in [0.1, 0.15) is 0 Å². The minimum atomic E-state index is 0.658. The molecule has 0 aliphatic rings. The Morgan fingerprint density at radius 3 is 2.67 bits per heavy atom. The van der Waals surface area contributed by atoms with E-state index in [0.717, 1.165) is 36.8 Å². The number of nitrogens with zero attached hydrogens (tertiary/aromatic N) is 1. The molecule has 0 saturated carbocycles. The van der Waals surface area contributed by atoms with Crippen LogP contribution in [0.5, 0.6) is 0 Å². The Bertz CT molecular complexity index is 537. The predicted octanol–water partition coefficient (Wildman–Crippen LogP) is 3.74. The third-order valence-corrected chi connectivity index (χ3v) is 4.26. The fourth-order valence-electron chi connectivity index (χ4n) is 2.11. The fraction of sp³-hybridized carbons (Fsp3) is 0.471. The molecule has 0 atom stereocenters. The largest absolute Gasteiger partial charge is 0.384 e. The Morgan fingerprint density at radius 1 is 1.24 bits per heavy atom. The summed E-state index contributed by atoms with van der Waals surface area (Å²) >= 11 is 1.79. The van der Waals surface area contributed by atoms with Gasteiger partial charge in [0.2, 0.25) is 0 Å². The van der Waals surface area contributed by atoms with E-state index in [0.29, 0.717) is 5.92 Å². The Balaban J connectivity index is 2.17. The molecule has 0 unspecified atom stereocenters. The van der Waals surface area contributed by atoms with E-state index in [1.54, 1.807) is 18.4 Å². The van der Waals surface area contributed by atoms with Crippen LogP contribution in [-0.2, 0) is 17.7 Å². The Kier molecular flexibility index (Phi) is 6.36. The Hall–Kier alpha value is -1.23. The van der Waals surface area contributed by atoms with Crippen molar-refractivity contribution >= 4 is 11.3 Å². The summed E-state index contributed by atoms with van der Waals surface area (Å²) in [5, 5.41) is 4.67. The highest BCUT2D eigenvalue weighted by Crippen LogP contribution is 2.28. The topological polar surface area (TPSA) is 34.1 Å². The number of thiazole rings is 1. The van der Waals surface area contributed by atoms with Crippen LogP contribution in [-0.4, -0.2) is 25.2 Å². The standard InChI is InChI=1S/C17H24N2OS/c1-13(2)11-18-12-15-17(14-7-5-4-6-8-14)19-16(21-15)9-10-20-3/h4-8,13,18H,9-12H2,1-3H3. The zero-order valence-electron chi connectivity index (χ0n) is 13.1. The van der Waals surface area contributed by atoms with Crippen molar-refractivity contribution in [1.82, 2.24) is 10.3 Å². The molecule has 1 aromatic carbocycles. The minimum absolute atomic E-state index is 0.658. The Morgan fingerprint density at radius 2 is 2.00 bits per heavy atom. The van der Waals surface area contributed by atoms with Crippen molar-refractivity contribution in [3.05, 3.63) is 40.2 Å². The monoisotopic (exact) mass is 304 g/mol. The van der Waals surface area contributed by atoms with Gasteiger partial charge in [-0.3, -0.25) is 0 Å². The zero-order valence-corrected chi connectivity index (χ0v) is 13.9. The fourth-order valence-corrected chi connectivity index (χ4v) is 3.15. The molecular weight excluding hydrogens is 280 g/mol. The molecule has 0 amide bonds. The van der Waals surface area contributed by atoms with Crippen molar-refractivity contribution in [2.24, 2.45) is 5.92 Å². The molecule has 0 aliphatic heterocycles. The van der Waals surface area contributed by atoms with E-state index in [-0.39, 0.29) is 0 Å². The van der Waals surface area contributed by atoms with Gasteiger partial charge in [-0.25, -0.2) is 4.98 Å². The van der Waals surface area contributed by atoms with Gasteiger partial charge in [-0.05, 0) is 12.5 Å². The average Bonchev–Trinajstić information content (AvgIpc) is 2.89. The molecule has 1 aromatic heterocycles. The number of benzene rings is 1. The number of hydrogen-bond donors (Lipinski definition) is 1. The summed E-state index contributed by atoms with van der Waals surface area (Å²) in [6.07, 6.45) is 0.880. The zero-order chi connectivity index (χ0) is 15.1. The maximum atomic E-state index is 5.16. The van der Waals surface area contributed by atoms with Gasteiger partial charge in [-0.1, -0.05) is 44.2 Å². The molecular formula is C17H24N2OS. The van der Waals surface area contributed by atoms with E-state index in [9.17, 15) is 0 Å². The van der Waals surface area contributed by atoms with Gasteiger partial charge >= 0.3 is 0 Å². The first-order valence-corrected chi connectivity index (χ1v) is 8.26. The van der Waals surface area contributed by atoms with Crippen molar-refractivity contribution in [3.63, 3.8) is 0 Å². The summed E-state index contributed by atoms with van der Waals surface area (Å²) < 4.78 is 5.16. The first-order valence-electron chi connectivity index (χ1n) is 7.44. The number of hydrogen-bond acceptors (Lipinski definition) is 4. The highest BCUT2D eigenvalue weighted by molar-refractivity contribution is 7.12. The second-order valence-electron chi connectivity index (χ2n) is 5.51. The summed E-state index contributed by atoms with van der Waals surface area (Å²) in [6, 6.07) is 10.4.